The fraction of sp³-hybridized carbons (Fsp3) is 0.833. The number of likely N-dealkylation sites (tertiary alicyclic amines) is 1. The van der Waals surface area contributed by atoms with Crippen LogP contribution in [-0.4, -0.2) is 40.1 Å². The van der Waals surface area contributed by atoms with Gasteiger partial charge in [0.05, 0.1) is 16.5 Å². The summed E-state index contributed by atoms with van der Waals surface area (Å²) in [6.45, 7) is 4.92. The lowest BCUT2D eigenvalue weighted by Crippen LogP contribution is -2.46. The van der Waals surface area contributed by atoms with Crippen molar-refractivity contribution in [2.24, 2.45) is 23.0 Å². The molecule has 0 spiro atoms. The Hall–Kier alpha value is -0.680. The molecule has 0 aromatic carbocycles. The van der Waals surface area contributed by atoms with Crippen LogP contribution in [0.2, 0.25) is 0 Å². The van der Waals surface area contributed by atoms with E-state index >= 15 is 0 Å². The number of nitrogens with zero attached hydrogens (tertiary/aromatic N) is 1. The molecule has 5 heteroatoms. The number of carbonyl (C=O) groups excluding carboxylic acids is 1. The topological polar surface area (TPSA) is 66.6 Å². The maximum atomic E-state index is 12.3. The maximum absolute atomic E-state index is 12.3. The van der Waals surface area contributed by atoms with Crippen molar-refractivity contribution in [1.82, 2.24) is 4.90 Å². The first kappa shape index (κ1) is 12.8. The molecule has 3 N–H and O–H groups in total. The van der Waals surface area contributed by atoms with Crippen molar-refractivity contribution < 1.29 is 9.90 Å². The van der Waals surface area contributed by atoms with Crippen molar-refractivity contribution in [1.29, 1.82) is 0 Å². The monoisotopic (exact) mass is 256 g/mol. The molecule has 3 atom stereocenters. The minimum Gasteiger partial charge on any atom is -0.393 e. The van der Waals surface area contributed by atoms with Gasteiger partial charge < -0.3 is 15.7 Å². The Balaban J connectivity index is 2.07. The zero-order valence-electron chi connectivity index (χ0n) is 10.3. The minimum atomic E-state index is -0.779. The molecular weight excluding hydrogens is 236 g/mol. The Kier molecular flexibility index (Phi) is 3.16. The first-order valence-corrected chi connectivity index (χ1v) is 6.52. The second-order valence-corrected chi connectivity index (χ2v) is 6.21. The number of aliphatic hydroxyl groups excluding tert-OH is 1. The van der Waals surface area contributed by atoms with Crippen LogP contribution in [0, 0.1) is 17.3 Å². The Morgan fingerprint density at radius 1 is 1.41 bits per heavy atom. The van der Waals surface area contributed by atoms with Gasteiger partial charge in [0.2, 0.25) is 5.91 Å². The van der Waals surface area contributed by atoms with Crippen LogP contribution in [0.4, 0.5) is 0 Å². The highest BCUT2D eigenvalue weighted by Crippen LogP contribution is 2.39. The Morgan fingerprint density at radius 3 is 2.59 bits per heavy atom. The quantitative estimate of drug-likeness (QED) is 0.707. The molecule has 0 aromatic heterocycles. The van der Waals surface area contributed by atoms with Crippen LogP contribution < -0.4 is 5.73 Å². The van der Waals surface area contributed by atoms with Gasteiger partial charge in [-0.1, -0.05) is 12.2 Å². The second-order valence-electron chi connectivity index (χ2n) is 5.77. The highest BCUT2D eigenvalue weighted by atomic mass is 32.1. The number of carbonyl (C=O) groups is 1. The first-order chi connectivity index (χ1) is 7.84. The molecule has 0 radical (unpaired) electrons. The standard InChI is InChI=1S/C12H20N2O2S/c1-12(2,10(13)17)11(16)14-5-7-3-4-9(15)8(7)6-14/h7-9,15H,3-6H2,1-2H3,(H2,13,17). The Labute approximate surface area is 107 Å². The normalized spacial score (nSPS) is 32.6. The summed E-state index contributed by atoms with van der Waals surface area (Å²) in [5.74, 6) is 0.698. The molecule has 2 fully saturated rings. The molecule has 1 aliphatic heterocycles. The van der Waals surface area contributed by atoms with E-state index in [1.807, 2.05) is 4.90 Å². The summed E-state index contributed by atoms with van der Waals surface area (Å²) in [6.07, 6.45) is 1.64. The molecule has 96 valence electrons. The number of aliphatic hydroxyl groups is 1. The van der Waals surface area contributed by atoms with Crippen molar-refractivity contribution in [3.05, 3.63) is 0 Å². The van der Waals surface area contributed by atoms with Crippen LogP contribution >= 0.6 is 12.2 Å². The van der Waals surface area contributed by atoms with Crippen molar-refractivity contribution >= 4 is 23.1 Å². The molecule has 17 heavy (non-hydrogen) atoms. The lowest BCUT2D eigenvalue weighted by Gasteiger charge is -2.29. The van der Waals surface area contributed by atoms with Gasteiger partial charge >= 0.3 is 0 Å². The molecular formula is C12H20N2O2S. The van der Waals surface area contributed by atoms with Crippen molar-refractivity contribution in [2.45, 2.75) is 32.8 Å². The van der Waals surface area contributed by atoms with E-state index in [0.717, 1.165) is 19.4 Å². The third-order valence-corrected chi connectivity index (χ3v) is 4.77. The average Bonchev–Trinajstić information content (AvgIpc) is 2.80. The van der Waals surface area contributed by atoms with Crippen LogP contribution in [0.5, 0.6) is 0 Å². The second kappa shape index (κ2) is 4.21. The average molecular weight is 256 g/mol. The van der Waals surface area contributed by atoms with E-state index in [9.17, 15) is 9.90 Å². The molecule has 4 nitrogen and oxygen atoms in total. The molecule has 0 aromatic rings. The minimum absolute atomic E-state index is 0.00778. The van der Waals surface area contributed by atoms with Crippen LogP contribution in [0.1, 0.15) is 26.7 Å². The predicted octanol–water partition coefficient (Wildman–Crippen LogP) is 0.528. The number of thiocarbonyl (C=S) groups is 1. The number of rotatable bonds is 2. The van der Waals surface area contributed by atoms with Gasteiger partial charge in [-0.05, 0) is 32.6 Å². The van der Waals surface area contributed by atoms with Gasteiger partial charge in [-0.15, -0.1) is 0 Å². The van der Waals surface area contributed by atoms with E-state index in [-0.39, 0.29) is 22.9 Å². The van der Waals surface area contributed by atoms with E-state index < -0.39 is 5.41 Å². The summed E-state index contributed by atoms with van der Waals surface area (Å²) < 4.78 is 0. The van der Waals surface area contributed by atoms with Crippen LogP contribution in [0.3, 0.4) is 0 Å². The molecule has 3 unspecified atom stereocenters. The largest absolute Gasteiger partial charge is 0.393 e. The van der Waals surface area contributed by atoms with Gasteiger partial charge in [0.1, 0.15) is 0 Å². The molecule has 2 rings (SSSR count). The molecule has 1 aliphatic carbocycles. The summed E-state index contributed by atoms with van der Waals surface area (Å²) in [4.78, 5) is 14.4. The number of nitrogens with two attached hydrogens (primary N) is 1. The van der Waals surface area contributed by atoms with E-state index in [4.69, 9.17) is 18.0 Å². The van der Waals surface area contributed by atoms with Gasteiger partial charge in [0, 0.05) is 19.0 Å². The predicted molar refractivity (Wildman–Crippen MR) is 69.4 cm³/mol. The zero-order chi connectivity index (χ0) is 12.8. The van der Waals surface area contributed by atoms with Crippen molar-refractivity contribution in [2.75, 3.05) is 13.1 Å². The fourth-order valence-corrected chi connectivity index (χ4v) is 2.99. The van der Waals surface area contributed by atoms with Gasteiger partial charge in [-0.3, -0.25) is 4.79 Å². The van der Waals surface area contributed by atoms with Gasteiger partial charge in [0.15, 0.2) is 0 Å². The van der Waals surface area contributed by atoms with Crippen LogP contribution in [0.15, 0.2) is 0 Å². The molecule has 1 saturated heterocycles. The van der Waals surface area contributed by atoms with E-state index in [0.29, 0.717) is 12.5 Å². The highest BCUT2D eigenvalue weighted by Gasteiger charge is 2.46. The van der Waals surface area contributed by atoms with Gasteiger partial charge in [0.25, 0.3) is 0 Å². The van der Waals surface area contributed by atoms with Crippen molar-refractivity contribution in [3.63, 3.8) is 0 Å². The van der Waals surface area contributed by atoms with E-state index in [1.54, 1.807) is 13.8 Å². The first-order valence-electron chi connectivity index (χ1n) is 6.11. The number of hydrogen-bond donors (Lipinski definition) is 2. The van der Waals surface area contributed by atoms with E-state index in [1.165, 1.54) is 0 Å². The van der Waals surface area contributed by atoms with Crippen LogP contribution in [0.25, 0.3) is 0 Å². The Morgan fingerprint density at radius 2 is 2.06 bits per heavy atom. The number of fused-ring (bicyclic) bond motifs is 1. The molecule has 1 heterocycles. The third kappa shape index (κ3) is 2.06. The molecule has 0 bridgehead atoms. The van der Waals surface area contributed by atoms with Gasteiger partial charge in [-0.25, -0.2) is 0 Å². The lowest BCUT2D eigenvalue weighted by atomic mass is 9.91. The summed E-state index contributed by atoms with van der Waals surface area (Å²) in [6, 6.07) is 0. The smallest absolute Gasteiger partial charge is 0.235 e. The maximum Gasteiger partial charge on any atom is 0.235 e. The SMILES string of the molecule is CC(C)(C(=O)N1CC2CCC(O)C2C1)C(N)=S. The molecule has 2 aliphatic rings. The third-order valence-electron chi connectivity index (χ3n) is 4.26. The summed E-state index contributed by atoms with van der Waals surface area (Å²) >= 11 is 4.95. The number of amides is 1. The fourth-order valence-electron chi connectivity index (χ4n) is 2.90. The van der Waals surface area contributed by atoms with Crippen LogP contribution in [-0.2, 0) is 4.79 Å². The summed E-state index contributed by atoms with van der Waals surface area (Å²) in [5.41, 5.74) is 4.84. The Bertz CT molecular complexity index is 356. The lowest BCUT2D eigenvalue weighted by molar-refractivity contribution is -0.136. The number of hydrogen-bond acceptors (Lipinski definition) is 3. The molecule has 1 saturated carbocycles. The zero-order valence-corrected chi connectivity index (χ0v) is 11.2. The van der Waals surface area contributed by atoms with Gasteiger partial charge in [-0.2, -0.15) is 0 Å². The summed E-state index contributed by atoms with van der Waals surface area (Å²) in [5, 5.41) is 9.82. The van der Waals surface area contributed by atoms with Crippen molar-refractivity contribution in [3.8, 4) is 0 Å². The van der Waals surface area contributed by atoms with E-state index in [2.05, 4.69) is 0 Å². The highest BCUT2D eigenvalue weighted by molar-refractivity contribution is 7.80. The molecule has 1 amide bonds. The summed E-state index contributed by atoms with van der Waals surface area (Å²) in [7, 11) is 0.